The summed E-state index contributed by atoms with van der Waals surface area (Å²) in [5.74, 6) is -2.47. The molecule has 3 aromatic rings. The van der Waals surface area contributed by atoms with E-state index in [2.05, 4.69) is 15.3 Å². The number of carbonyl (C=O) groups is 3. The molecular weight excluding hydrogens is 478 g/mol. The van der Waals surface area contributed by atoms with Crippen LogP contribution in [0.5, 0.6) is 0 Å². The zero-order chi connectivity index (χ0) is 26.6. The van der Waals surface area contributed by atoms with Gasteiger partial charge in [0.1, 0.15) is 6.04 Å². The number of rotatable bonds is 9. The van der Waals surface area contributed by atoms with Crippen molar-refractivity contribution in [2.75, 3.05) is 26.3 Å². The van der Waals surface area contributed by atoms with Gasteiger partial charge >= 0.3 is 5.97 Å². The van der Waals surface area contributed by atoms with Crippen LogP contribution in [-0.2, 0) is 32.0 Å². The third-order valence-electron chi connectivity index (χ3n) is 6.08. The molecule has 194 valence electrons. The number of amides is 2. The summed E-state index contributed by atoms with van der Waals surface area (Å²) in [5, 5.41) is 14.4. The molecule has 0 saturated carbocycles. The Morgan fingerprint density at radius 1 is 1.16 bits per heavy atom. The highest BCUT2D eigenvalue weighted by Crippen LogP contribution is 2.23. The number of ether oxygens (including phenoxy) is 1. The van der Waals surface area contributed by atoms with Crippen LogP contribution in [0.2, 0.25) is 0 Å². The van der Waals surface area contributed by atoms with Gasteiger partial charge in [0.25, 0.3) is 0 Å². The minimum absolute atomic E-state index is 0.0101. The maximum atomic E-state index is 13.3. The molecule has 2 amide bonds. The Bertz CT molecular complexity index is 1230. The van der Waals surface area contributed by atoms with Crippen molar-refractivity contribution in [3.8, 4) is 0 Å². The summed E-state index contributed by atoms with van der Waals surface area (Å²) in [7, 11) is 0. The number of fused-ring (bicyclic) bond motifs is 1. The predicted octanol–water partition coefficient (Wildman–Crippen LogP) is 2.66. The van der Waals surface area contributed by atoms with E-state index in [0.717, 1.165) is 16.3 Å². The molecule has 4 rings (SSSR count). The van der Waals surface area contributed by atoms with Crippen LogP contribution in [0.25, 0.3) is 21.2 Å². The fourth-order valence-corrected chi connectivity index (χ4v) is 4.25. The Morgan fingerprint density at radius 2 is 1.86 bits per heavy atom. The van der Waals surface area contributed by atoms with Crippen molar-refractivity contribution in [3.63, 3.8) is 0 Å². The summed E-state index contributed by atoms with van der Waals surface area (Å²) in [5.41, 5.74) is 13.7. The molecule has 12 nitrogen and oxygen atoms in total. The van der Waals surface area contributed by atoms with Crippen LogP contribution in [0.3, 0.4) is 0 Å². The number of nitrogens with one attached hydrogen (secondary N) is 3. The molecule has 0 bridgehead atoms. The highest BCUT2D eigenvalue weighted by atomic mass is 16.5. The third kappa shape index (κ3) is 7.79. The number of morpholine rings is 1. The number of carbonyl (C=O) groups excluding carboxylic acids is 2. The van der Waals surface area contributed by atoms with Crippen LogP contribution in [0.15, 0.2) is 55.0 Å². The van der Waals surface area contributed by atoms with E-state index in [1.54, 1.807) is 16.0 Å². The Kier molecular flexibility index (Phi) is 10.0. The van der Waals surface area contributed by atoms with Crippen molar-refractivity contribution in [3.05, 3.63) is 76.7 Å². The van der Waals surface area contributed by atoms with Crippen LogP contribution >= 0.6 is 0 Å². The number of H-pyrrole nitrogens is 1. The summed E-state index contributed by atoms with van der Waals surface area (Å²) in [6.45, 7) is 1.91. The fraction of sp³-hybridized carbons (Fsp3) is 0.360. The lowest BCUT2D eigenvalue weighted by molar-refractivity contribution is -0.143. The average Bonchev–Trinajstić information content (AvgIpc) is 3.42. The Hall–Kier alpha value is -4.41. The smallest absolute Gasteiger partial charge is 0.326 e. The van der Waals surface area contributed by atoms with Crippen LogP contribution in [-0.4, -0.2) is 70.1 Å². The summed E-state index contributed by atoms with van der Waals surface area (Å²) in [6, 6.07) is 12.6. The number of hydrogen-bond donors (Lipinski definition) is 4. The lowest BCUT2D eigenvalue weighted by Gasteiger charge is -2.29. The molecule has 0 aliphatic carbocycles. The Balaban J connectivity index is 0.00000121. The van der Waals surface area contributed by atoms with E-state index < -0.39 is 23.8 Å². The van der Waals surface area contributed by atoms with Crippen molar-refractivity contribution in [1.29, 1.82) is 5.53 Å². The van der Waals surface area contributed by atoms with Gasteiger partial charge in [0.15, 0.2) is 0 Å². The van der Waals surface area contributed by atoms with Gasteiger partial charge < -0.3 is 25.0 Å². The third-order valence-corrected chi connectivity index (χ3v) is 6.08. The van der Waals surface area contributed by atoms with Crippen LogP contribution in [0.4, 0.5) is 0 Å². The van der Waals surface area contributed by atoms with Gasteiger partial charge in [-0.15, -0.1) is 5.53 Å². The second-order valence-electron chi connectivity index (χ2n) is 8.50. The van der Waals surface area contributed by atoms with E-state index in [9.17, 15) is 19.5 Å². The summed E-state index contributed by atoms with van der Waals surface area (Å²) in [6.07, 6.45) is 3.41. The normalized spacial score (nSPS) is 14.5. The average molecular weight is 508 g/mol. The predicted molar refractivity (Wildman–Crippen MR) is 134 cm³/mol. The molecule has 1 fully saturated rings. The van der Waals surface area contributed by atoms with Gasteiger partial charge in [-0.3, -0.25) is 9.59 Å². The number of hydrogen-bond acceptors (Lipinski definition) is 6. The topological polar surface area (TPSA) is 185 Å². The molecule has 2 atom stereocenters. The molecular formula is C25H29N7O5. The number of carboxylic acid groups (broad SMARTS) is 1. The van der Waals surface area contributed by atoms with Gasteiger partial charge in [-0.2, -0.15) is 0 Å². The number of aromatic amines is 1. The quantitative estimate of drug-likeness (QED) is 0.196. The van der Waals surface area contributed by atoms with Crippen LogP contribution in [0.1, 0.15) is 17.7 Å². The Labute approximate surface area is 213 Å². The minimum atomic E-state index is -1.15. The zero-order valence-electron chi connectivity index (χ0n) is 20.2. The van der Waals surface area contributed by atoms with Crippen molar-refractivity contribution in [2.45, 2.75) is 25.3 Å². The molecule has 37 heavy (non-hydrogen) atoms. The van der Waals surface area contributed by atoms with Crippen LogP contribution < -0.4 is 5.32 Å². The van der Waals surface area contributed by atoms with E-state index >= 15 is 0 Å². The largest absolute Gasteiger partial charge is 0.480 e. The van der Waals surface area contributed by atoms with Gasteiger partial charge in [-0.1, -0.05) is 42.5 Å². The highest BCUT2D eigenvalue weighted by molar-refractivity contribution is 5.90. The number of carboxylic acids is 1. The molecule has 1 unspecified atom stereocenters. The zero-order valence-corrected chi connectivity index (χ0v) is 20.2. The highest BCUT2D eigenvalue weighted by Gasteiger charge is 2.30. The SMILES string of the molecule is O=C(N[C@@H](Cc1c[nH]cn1)C(=O)O)C(CC(=O)N1CCOCC1)Cc1cccc2ccccc12.[N-]=[N+]=N. The van der Waals surface area contributed by atoms with E-state index in [0.29, 0.717) is 38.4 Å². The van der Waals surface area contributed by atoms with E-state index in [1.807, 2.05) is 42.5 Å². The standard InChI is InChI=1S/C25H28N4O5.HN3/c30-23(29-8-10-34-11-9-29)13-19(12-18-6-3-5-17-4-1-2-7-21(17)18)24(31)28-22(25(32)33)14-20-15-26-16-27-20;1-3-2/h1-7,15-16,19,22H,8-14H2,(H,26,27)(H,28,31)(H,32,33);1H/t19?,22-;/m0./s1. The molecule has 1 aromatic heterocycles. The van der Waals surface area contributed by atoms with Gasteiger partial charge in [-0.05, 0) is 33.2 Å². The van der Waals surface area contributed by atoms with Gasteiger partial charge in [0.2, 0.25) is 11.8 Å². The van der Waals surface area contributed by atoms with Gasteiger partial charge in [-0.25, -0.2) is 9.78 Å². The molecule has 2 aromatic carbocycles. The lowest BCUT2D eigenvalue weighted by Crippen LogP contribution is -2.47. The van der Waals surface area contributed by atoms with Crippen molar-refractivity contribution >= 4 is 28.6 Å². The van der Waals surface area contributed by atoms with Gasteiger partial charge in [0.05, 0.1) is 31.2 Å². The maximum absolute atomic E-state index is 13.3. The Morgan fingerprint density at radius 3 is 2.54 bits per heavy atom. The molecule has 0 radical (unpaired) electrons. The van der Waals surface area contributed by atoms with Crippen molar-refractivity contribution < 1.29 is 24.2 Å². The molecule has 1 saturated heterocycles. The first-order valence-corrected chi connectivity index (χ1v) is 11.8. The van der Waals surface area contributed by atoms with E-state index in [1.165, 1.54) is 6.33 Å². The number of aromatic nitrogens is 2. The summed E-state index contributed by atoms with van der Waals surface area (Å²) < 4.78 is 5.33. The van der Waals surface area contributed by atoms with Crippen molar-refractivity contribution in [2.24, 2.45) is 5.92 Å². The monoisotopic (exact) mass is 507 g/mol. The number of imidazole rings is 1. The first kappa shape index (κ1) is 27.2. The van der Waals surface area contributed by atoms with Crippen molar-refractivity contribution in [1.82, 2.24) is 20.2 Å². The second kappa shape index (κ2) is 13.6. The number of aliphatic carboxylic acids is 1. The van der Waals surface area contributed by atoms with Gasteiger partial charge in [0, 0.05) is 32.1 Å². The molecule has 1 aliphatic rings. The summed E-state index contributed by atoms with van der Waals surface area (Å²) in [4.78, 5) is 48.5. The van der Waals surface area contributed by atoms with E-state index in [-0.39, 0.29) is 18.7 Å². The molecule has 0 spiro atoms. The first-order valence-electron chi connectivity index (χ1n) is 11.8. The molecule has 1 aliphatic heterocycles. The lowest BCUT2D eigenvalue weighted by atomic mass is 9.91. The fourth-order valence-electron chi connectivity index (χ4n) is 4.25. The second-order valence-corrected chi connectivity index (χ2v) is 8.50. The number of benzene rings is 2. The van der Waals surface area contributed by atoms with Crippen LogP contribution in [0, 0.1) is 11.4 Å². The molecule has 2 heterocycles. The minimum Gasteiger partial charge on any atom is -0.480 e. The molecule has 4 N–H and O–H groups in total. The van der Waals surface area contributed by atoms with E-state index in [4.69, 9.17) is 15.8 Å². The molecule has 12 heteroatoms. The summed E-state index contributed by atoms with van der Waals surface area (Å²) >= 11 is 0. The maximum Gasteiger partial charge on any atom is 0.326 e. The first-order chi connectivity index (χ1) is 17.9. The number of nitrogens with zero attached hydrogens (tertiary/aromatic N) is 4.